The van der Waals surface area contributed by atoms with Gasteiger partial charge in [-0.2, -0.15) is 0 Å². The fraction of sp³-hybridized carbons (Fsp3) is 0.667. The quantitative estimate of drug-likeness (QED) is 0.540. The minimum atomic E-state index is -4.60. The van der Waals surface area contributed by atoms with Gasteiger partial charge in [0.25, 0.3) is 0 Å². The van der Waals surface area contributed by atoms with Crippen LogP contribution in [0.5, 0.6) is 0 Å². The molecule has 0 fully saturated rings. The maximum absolute atomic E-state index is 13.7. The van der Waals surface area contributed by atoms with Crippen LogP contribution in [0.15, 0.2) is 23.7 Å². The van der Waals surface area contributed by atoms with Crippen molar-refractivity contribution >= 4 is 13.4 Å². The van der Waals surface area contributed by atoms with Gasteiger partial charge in [-0.15, -0.1) is 0 Å². The number of rotatable bonds is 5. The Morgan fingerprint density at radius 2 is 1.77 bits per heavy atom. The third kappa shape index (κ3) is 3.67. The van der Waals surface area contributed by atoms with Gasteiger partial charge in [0.1, 0.15) is 0 Å². The Morgan fingerprint density at radius 3 is 2.14 bits per heavy atom. The van der Waals surface area contributed by atoms with E-state index in [1.807, 2.05) is 0 Å². The van der Waals surface area contributed by atoms with Crippen LogP contribution in [0.25, 0.3) is 0 Å². The number of halogens is 5. The summed E-state index contributed by atoms with van der Waals surface area (Å²) in [7, 11) is 0. The van der Waals surface area contributed by atoms with E-state index in [1.54, 1.807) is 0 Å². The molecule has 1 aliphatic carbocycles. The topological polar surface area (TPSA) is 9.23 Å². The molecule has 2 unspecified atom stereocenters. The van der Waals surface area contributed by atoms with Gasteiger partial charge in [-0.3, -0.25) is 0 Å². The summed E-state index contributed by atoms with van der Waals surface area (Å²) in [5.41, 5.74) is -3.53. The zero-order valence-electron chi connectivity index (χ0n) is 13.1. The van der Waals surface area contributed by atoms with Crippen molar-refractivity contribution in [3.05, 3.63) is 23.7 Å². The summed E-state index contributed by atoms with van der Waals surface area (Å²) < 4.78 is 72.9. The standard InChI is InChI=1S/C15H20BF5O/c1-6-14(22-12(2,3)13(4,17)18)9-10(16-5)7-8-11(14)15(19,20)21/h7-9,11H,5-6H2,1-4H3. The van der Waals surface area contributed by atoms with Crippen molar-refractivity contribution in [1.82, 2.24) is 0 Å². The van der Waals surface area contributed by atoms with Crippen LogP contribution in [0, 0.1) is 5.92 Å². The molecule has 0 aliphatic heterocycles. The number of ether oxygens (including phenoxy) is 1. The monoisotopic (exact) mass is 322 g/mol. The Kier molecular flexibility index (Phi) is 5.12. The van der Waals surface area contributed by atoms with Gasteiger partial charge in [0, 0.05) is 0 Å². The first-order chi connectivity index (χ1) is 9.79. The molecule has 0 aromatic carbocycles. The van der Waals surface area contributed by atoms with Crippen LogP contribution in [0.3, 0.4) is 0 Å². The molecule has 1 aliphatic rings. The second-order valence-electron chi connectivity index (χ2n) is 6.04. The van der Waals surface area contributed by atoms with Crippen molar-refractivity contribution in [2.45, 2.75) is 57.4 Å². The fourth-order valence-corrected chi connectivity index (χ4v) is 2.36. The van der Waals surface area contributed by atoms with E-state index in [0.717, 1.165) is 19.9 Å². The van der Waals surface area contributed by atoms with E-state index in [1.165, 1.54) is 26.0 Å². The third-order valence-corrected chi connectivity index (χ3v) is 4.06. The zero-order valence-corrected chi connectivity index (χ0v) is 13.1. The second-order valence-corrected chi connectivity index (χ2v) is 6.04. The zero-order chi connectivity index (χ0) is 17.4. The Morgan fingerprint density at radius 1 is 1.23 bits per heavy atom. The Balaban J connectivity index is 3.38. The van der Waals surface area contributed by atoms with E-state index < -0.39 is 29.2 Å². The van der Waals surface area contributed by atoms with Crippen LogP contribution in [-0.4, -0.2) is 36.7 Å². The molecule has 0 aromatic rings. The predicted molar refractivity (Wildman–Crippen MR) is 78.5 cm³/mol. The molecule has 1 nitrogen and oxygen atoms in total. The Bertz CT molecular complexity index is 487. The van der Waals surface area contributed by atoms with Gasteiger partial charge in [0.2, 0.25) is 0 Å². The molecule has 7 heteroatoms. The number of allylic oxidation sites excluding steroid dienone is 2. The molecule has 0 N–H and O–H groups in total. The van der Waals surface area contributed by atoms with Gasteiger partial charge >= 0.3 is 127 Å². The van der Waals surface area contributed by atoms with Crippen LogP contribution >= 0.6 is 0 Å². The molecule has 0 saturated carbocycles. The average Bonchev–Trinajstić information content (AvgIpc) is 2.35. The molecule has 0 amide bonds. The minimum absolute atomic E-state index is 0.0988. The predicted octanol–water partition coefficient (Wildman–Crippen LogP) is 4.35. The van der Waals surface area contributed by atoms with Crippen LogP contribution in [0.2, 0.25) is 0 Å². The molecule has 22 heavy (non-hydrogen) atoms. The molecule has 0 saturated heterocycles. The van der Waals surface area contributed by atoms with Crippen LogP contribution in [0.1, 0.15) is 34.1 Å². The van der Waals surface area contributed by atoms with Crippen molar-refractivity contribution in [2.24, 2.45) is 5.92 Å². The van der Waals surface area contributed by atoms with Gasteiger partial charge < -0.3 is 0 Å². The first-order valence-corrected chi connectivity index (χ1v) is 6.97. The van der Waals surface area contributed by atoms with Crippen LogP contribution in [-0.2, 0) is 4.74 Å². The summed E-state index contributed by atoms with van der Waals surface area (Å²) in [5.74, 6) is -5.29. The van der Waals surface area contributed by atoms with Gasteiger partial charge in [0.05, 0.1) is 0 Å². The van der Waals surface area contributed by atoms with Gasteiger partial charge in [-0.1, -0.05) is 0 Å². The van der Waals surface area contributed by atoms with Crippen molar-refractivity contribution in [3.8, 4) is 0 Å². The fourth-order valence-electron chi connectivity index (χ4n) is 2.36. The molecule has 1 rings (SSSR count). The molecular weight excluding hydrogens is 302 g/mol. The molecule has 0 heterocycles. The first-order valence-electron chi connectivity index (χ1n) is 6.97. The molecule has 0 spiro atoms. The normalized spacial score (nSPS) is 26.6. The summed E-state index contributed by atoms with van der Waals surface area (Å²) in [6.45, 7) is 9.19. The summed E-state index contributed by atoms with van der Waals surface area (Å²) in [5, 5.41) is 0. The van der Waals surface area contributed by atoms with Gasteiger partial charge in [-0.05, 0) is 0 Å². The van der Waals surface area contributed by atoms with Crippen LogP contribution < -0.4 is 0 Å². The Labute approximate surface area is 128 Å². The second kappa shape index (κ2) is 5.91. The molecule has 0 bridgehead atoms. The van der Waals surface area contributed by atoms with Gasteiger partial charge in [-0.25, -0.2) is 0 Å². The maximum atomic E-state index is 13.7. The Hall–Kier alpha value is -0.975. The van der Waals surface area contributed by atoms with E-state index in [-0.39, 0.29) is 6.42 Å². The van der Waals surface area contributed by atoms with E-state index >= 15 is 0 Å². The van der Waals surface area contributed by atoms with Crippen molar-refractivity contribution < 1.29 is 26.7 Å². The van der Waals surface area contributed by atoms with Gasteiger partial charge in [0.15, 0.2) is 0 Å². The molecule has 124 valence electrons. The SMILES string of the molecule is C=BC1=CC(CC)(OC(C)(C)C(C)(F)F)C(C(F)(F)F)C=C1. The third-order valence-electron chi connectivity index (χ3n) is 4.06. The summed E-state index contributed by atoms with van der Waals surface area (Å²) in [6, 6.07) is 0. The average molecular weight is 322 g/mol. The number of alkyl halides is 5. The van der Waals surface area contributed by atoms with E-state index in [4.69, 9.17) is 4.74 Å². The number of hydrogen-bond acceptors (Lipinski definition) is 1. The summed E-state index contributed by atoms with van der Waals surface area (Å²) >= 11 is 0. The van der Waals surface area contributed by atoms with Crippen LogP contribution in [0.4, 0.5) is 22.0 Å². The first kappa shape index (κ1) is 19.1. The van der Waals surface area contributed by atoms with Crippen molar-refractivity contribution in [2.75, 3.05) is 0 Å². The van der Waals surface area contributed by atoms with Crippen molar-refractivity contribution in [3.63, 3.8) is 0 Å². The van der Waals surface area contributed by atoms with E-state index in [9.17, 15) is 22.0 Å². The molecule has 0 radical (unpaired) electrons. The molecular formula is C15H20BF5O. The van der Waals surface area contributed by atoms with Crippen molar-refractivity contribution in [1.29, 1.82) is 0 Å². The number of hydrogen-bond donors (Lipinski definition) is 0. The summed E-state index contributed by atoms with van der Waals surface area (Å²) in [6.07, 6.45) is -1.23. The molecule has 0 aromatic heterocycles. The van der Waals surface area contributed by atoms with E-state index in [2.05, 4.69) is 6.47 Å². The molecule has 2 atom stereocenters. The van der Waals surface area contributed by atoms with E-state index in [0.29, 0.717) is 12.4 Å². The summed E-state index contributed by atoms with van der Waals surface area (Å²) in [4.78, 5) is 0.